The molecule has 0 saturated heterocycles. The Labute approximate surface area is 138 Å². The number of carboxylic acids is 1. The van der Waals surface area contributed by atoms with Crippen LogP contribution in [0.25, 0.3) is 11.0 Å². The Bertz CT molecular complexity index is 778. The zero-order valence-corrected chi connectivity index (χ0v) is 13.4. The van der Waals surface area contributed by atoms with E-state index >= 15 is 0 Å². The minimum absolute atomic E-state index is 0.0458. The molecule has 1 amide bonds. The van der Waals surface area contributed by atoms with Gasteiger partial charge in [0.2, 0.25) is 0 Å². The van der Waals surface area contributed by atoms with E-state index in [4.69, 9.17) is 0 Å². The summed E-state index contributed by atoms with van der Waals surface area (Å²) in [6.45, 7) is 2.08. The molecular weight excluding hydrogens is 313 g/mol. The number of rotatable bonds is 4. The third-order valence-electron chi connectivity index (χ3n) is 5.03. The molecule has 1 heterocycles. The number of hydrogen-bond acceptors (Lipinski definition) is 3. The van der Waals surface area contributed by atoms with E-state index in [0.717, 1.165) is 25.3 Å². The van der Waals surface area contributed by atoms with E-state index in [2.05, 4.69) is 22.2 Å². The number of aromatic nitrogens is 2. The lowest BCUT2D eigenvalue weighted by molar-refractivity contribution is -0.146. The first-order valence-corrected chi connectivity index (χ1v) is 8.13. The van der Waals surface area contributed by atoms with Gasteiger partial charge in [0.25, 0.3) is 5.91 Å². The standard InChI is InChI=1S/C17H20FN3O3/c1-2-10-3-5-17(6-4-10,16(23)24)21-15(22)12-7-11(18)8-13-14(12)20-9-19-13/h7-10H,2-6H2,1H3,(H,19,20)(H,21,22)(H,23,24). The van der Waals surface area contributed by atoms with Gasteiger partial charge in [-0.2, -0.15) is 0 Å². The maximum absolute atomic E-state index is 13.7. The Morgan fingerprint density at radius 2 is 2.12 bits per heavy atom. The van der Waals surface area contributed by atoms with E-state index in [1.807, 2.05) is 0 Å². The summed E-state index contributed by atoms with van der Waals surface area (Å²) >= 11 is 0. The predicted molar refractivity (Wildman–Crippen MR) is 86.1 cm³/mol. The highest BCUT2D eigenvalue weighted by atomic mass is 19.1. The molecule has 2 aromatic rings. The van der Waals surface area contributed by atoms with Crippen molar-refractivity contribution >= 4 is 22.9 Å². The molecule has 0 spiro atoms. The fourth-order valence-corrected chi connectivity index (χ4v) is 3.44. The highest BCUT2D eigenvalue weighted by Gasteiger charge is 2.43. The van der Waals surface area contributed by atoms with Crippen LogP contribution in [0, 0.1) is 11.7 Å². The molecule has 6 nitrogen and oxygen atoms in total. The average molecular weight is 333 g/mol. The Morgan fingerprint density at radius 3 is 2.75 bits per heavy atom. The van der Waals surface area contributed by atoms with E-state index in [0.29, 0.717) is 29.8 Å². The lowest BCUT2D eigenvalue weighted by Crippen LogP contribution is -2.56. The monoisotopic (exact) mass is 333 g/mol. The molecule has 1 saturated carbocycles. The maximum atomic E-state index is 13.7. The highest BCUT2D eigenvalue weighted by molar-refractivity contribution is 6.06. The number of carbonyl (C=O) groups excluding carboxylic acids is 1. The Morgan fingerprint density at radius 1 is 1.42 bits per heavy atom. The number of halogens is 1. The Hall–Kier alpha value is -2.44. The highest BCUT2D eigenvalue weighted by Crippen LogP contribution is 2.34. The first kappa shape index (κ1) is 16.4. The molecule has 0 aliphatic heterocycles. The van der Waals surface area contributed by atoms with Crippen LogP contribution in [0.5, 0.6) is 0 Å². The number of aromatic amines is 1. The number of hydrogen-bond donors (Lipinski definition) is 3. The van der Waals surface area contributed by atoms with Gasteiger partial charge in [-0.1, -0.05) is 13.3 Å². The quantitative estimate of drug-likeness (QED) is 0.802. The molecule has 3 N–H and O–H groups in total. The first-order valence-electron chi connectivity index (χ1n) is 8.13. The average Bonchev–Trinajstić information content (AvgIpc) is 3.02. The van der Waals surface area contributed by atoms with Gasteiger partial charge in [-0.05, 0) is 43.7 Å². The lowest BCUT2D eigenvalue weighted by atomic mass is 9.75. The van der Waals surface area contributed by atoms with Gasteiger partial charge >= 0.3 is 5.97 Å². The second-order valence-electron chi connectivity index (χ2n) is 6.45. The van der Waals surface area contributed by atoms with E-state index in [9.17, 15) is 19.1 Å². The molecule has 1 aliphatic rings. The van der Waals surface area contributed by atoms with Gasteiger partial charge in [-0.15, -0.1) is 0 Å². The third kappa shape index (κ3) is 2.86. The minimum Gasteiger partial charge on any atom is -0.480 e. The van der Waals surface area contributed by atoms with Crippen molar-refractivity contribution in [3.8, 4) is 0 Å². The van der Waals surface area contributed by atoms with Gasteiger partial charge in [-0.3, -0.25) is 4.79 Å². The van der Waals surface area contributed by atoms with Crippen LogP contribution in [0.1, 0.15) is 49.4 Å². The summed E-state index contributed by atoms with van der Waals surface area (Å²) in [6, 6.07) is 2.34. The predicted octanol–water partition coefficient (Wildman–Crippen LogP) is 2.86. The van der Waals surface area contributed by atoms with Crippen LogP contribution >= 0.6 is 0 Å². The summed E-state index contributed by atoms with van der Waals surface area (Å²) in [6.07, 6.45) is 4.65. The summed E-state index contributed by atoms with van der Waals surface area (Å²) in [4.78, 5) is 31.2. The molecule has 0 radical (unpaired) electrons. The van der Waals surface area contributed by atoms with Crippen LogP contribution in [0.15, 0.2) is 18.5 Å². The van der Waals surface area contributed by atoms with Crippen molar-refractivity contribution in [2.45, 2.75) is 44.6 Å². The van der Waals surface area contributed by atoms with E-state index in [1.165, 1.54) is 12.4 Å². The number of nitrogens with zero attached hydrogens (tertiary/aromatic N) is 1. The molecule has 24 heavy (non-hydrogen) atoms. The molecule has 0 unspecified atom stereocenters. The first-order chi connectivity index (χ1) is 11.4. The number of imidazole rings is 1. The second-order valence-corrected chi connectivity index (χ2v) is 6.45. The van der Waals surface area contributed by atoms with Crippen molar-refractivity contribution in [3.63, 3.8) is 0 Å². The van der Waals surface area contributed by atoms with Gasteiger partial charge in [-0.25, -0.2) is 14.2 Å². The van der Waals surface area contributed by atoms with Gasteiger partial charge in [0.15, 0.2) is 0 Å². The number of carbonyl (C=O) groups is 2. The van der Waals surface area contributed by atoms with Crippen molar-refractivity contribution in [1.29, 1.82) is 0 Å². The Kier molecular flexibility index (Phi) is 4.26. The van der Waals surface area contributed by atoms with Crippen LogP contribution in [-0.2, 0) is 4.79 Å². The van der Waals surface area contributed by atoms with Crippen molar-refractivity contribution in [2.75, 3.05) is 0 Å². The fraction of sp³-hybridized carbons (Fsp3) is 0.471. The molecule has 3 rings (SSSR count). The van der Waals surface area contributed by atoms with Crippen LogP contribution < -0.4 is 5.32 Å². The van der Waals surface area contributed by atoms with Crippen LogP contribution in [0.3, 0.4) is 0 Å². The number of benzene rings is 1. The molecule has 7 heteroatoms. The smallest absolute Gasteiger partial charge is 0.329 e. The van der Waals surface area contributed by atoms with E-state index < -0.39 is 23.2 Å². The number of aliphatic carboxylic acids is 1. The SMILES string of the molecule is CCC1CCC(NC(=O)c2cc(F)cc3[nH]cnc23)(C(=O)O)CC1. The molecule has 1 aliphatic carbocycles. The van der Waals surface area contributed by atoms with Crippen LogP contribution in [-0.4, -0.2) is 32.5 Å². The molecule has 128 valence electrons. The third-order valence-corrected chi connectivity index (χ3v) is 5.03. The van der Waals surface area contributed by atoms with Gasteiger partial charge in [0.05, 0.1) is 17.4 Å². The fourth-order valence-electron chi connectivity index (χ4n) is 3.44. The summed E-state index contributed by atoms with van der Waals surface area (Å²) < 4.78 is 13.7. The molecular formula is C17H20FN3O3. The van der Waals surface area contributed by atoms with Crippen molar-refractivity contribution in [1.82, 2.24) is 15.3 Å². The number of nitrogens with one attached hydrogen (secondary N) is 2. The Balaban J connectivity index is 1.89. The van der Waals surface area contributed by atoms with E-state index in [1.54, 1.807) is 0 Å². The van der Waals surface area contributed by atoms with Crippen molar-refractivity contribution in [2.24, 2.45) is 5.92 Å². The topological polar surface area (TPSA) is 95.1 Å². The maximum Gasteiger partial charge on any atom is 0.329 e. The van der Waals surface area contributed by atoms with Crippen LogP contribution in [0.4, 0.5) is 4.39 Å². The lowest BCUT2D eigenvalue weighted by Gasteiger charge is -2.37. The normalized spacial score (nSPS) is 24.0. The molecule has 1 aromatic heterocycles. The summed E-state index contributed by atoms with van der Waals surface area (Å²) in [7, 11) is 0. The largest absolute Gasteiger partial charge is 0.480 e. The summed E-state index contributed by atoms with van der Waals surface area (Å²) in [5, 5.41) is 12.3. The minimum atomic E-state index is -1.29. The van der Waals surface area contributed by atoms with E-state index in [-0.39, 0.29) is 5.56 Å². The summed E-state index contributed by atoms with van der Waals surface area (Å²) in [5.41, 5.74) is -0.516. The molecule has 0 bridgehead atoms. The zero-order chi connectivity index (χ0) is 17.3. The van der Waals surface area contributed by atoms with Gasteiger partial charge < -0.3 is 15.4 Å². The van der Waals surface area contributed by atoms with Crippen molar-refractivity contribution in [3.05, 3.63) is 29.8 Å². The zero-order valence-electron chi connectivity index (χ0n) is 13.4. The van der Waals surface area contributed by atoms with Gasteiger partial charge in [0, 0.05) is 0 Å². The number of H-pyrrole nitrogens is 1. The number of fused-ring (bicyclic) bond motifs is 1. The molecule has 1 fully saturated rings. The molecule has 0 atom stereocenters. The van der Waals surface area contributed by atoms with Crippen LogP contribution in [0.2, 0.25) is 0 Å². The summed E-state index contributed by atoms with van der Waals surface area (Å²) in [5.74, 6) is -1.73. The number of amides is 1. The van der Waals surface area contributed by atoms with Crippen molar-refractivity contribution < 1.29 is 19.1 Å². The molecule has 1 aromatic carbocycles. The van der Waals surface area contributed by atoms with Gasteiger partial charge in [0.1, 0.15) is 16.9 Å². The second kappa shape index (κ2) is 6.22. The number of carboxylic acid groups (broad SMARTS) is 1.